The molecule has 4 heteroatoms. The van der Waals surface area contributed by atoms with E-state index in [1.54, 1.807) is 0 Å². The average molecular weight is 875 g/mol. The third kappa shape index (κ3) is 53.6. The van der Waals surface area contributed by atoms with Crippen LogP contribution in [0.15, 0.2) is 97.2 Å². The van der Waals surface area contributed by atoms with Crippen molar-refractivity contribution in [2.45, 2.75) is 251 Å². The Kier molecular flexibility index (Phi) is 53.1. The summed E-state index contributed by atoms with van der Waals surface area (Å²) >= 11 is 0. The van der Waals surface area contributed by atoms with Crippen molar-refractivity contribution in [3.63, 3.8) is 0 Å². The molecule has 0 aliphatic heterocycles. The maximum Gasteiger partial charge on any atom is 0.306 e. The van der Waals surface area contributed by atoms with Gasteiger partial charge in [0.1, 0.15) is 6.10 Å². The number of aliphatic hydroxyl groups excluding tert-OH is 1. The second-order valence-corrected chi connectivity index (χ2v) is 17.6. The summed E-state index contributed by atoms with van der Waals surface area (Å²) in [6.07, 6.45) is 79.3. The lowest BCUT2D eigenvalue weighted by Crippen LogP contribution is -2.27. The molecule has 1 atom stereocenters. The Morgan fingerprint density at radius 2 is 0.714 bits per heavy atom. The van der Waals surface area contributed by atoms with Crippen molar-refractivity contribution in [3.8, 4) is 0 Å². The maximum atomic E-state index is 12.3. The summed E-state index contributed by atoms with van der Waals surface area (Å²) in [6, 6.07) is 0. The van der Waals surface area contributed by atoms with E-state index in [9.17, 15) is 9.90 Å². The SMILES string of the molecule is CC/C=C\C/C=C\C/C=C\C/C=C\C/C=C\C/C=C\CCCCCCCCCOCC(CO)OC(=O)CCCCCCCCCCCCCCC/C=C\C/C=C\CCCCCCC. The fourth-order valence-electron chi connectivity index (χ4n) is 7.42. The van der Waals surface area contributed by atoms with E-state index < -0.39 is 6.10 Å². The van der Waals surface area contributed by atoms with E-state index in [1.807, 2.05) is 0 Å². The monoisotopic (exact) mass is 875 g/mol. The van der Waals surface area contributed by atoms with E-state index in [2.05, 4.69) is 111 Å². The number of aliphatic hydroxyl groups is 1. The highest BCUT2D eigenvalue weighted by Gasteiger charge is 2.13. The van der Waals surface area contributed by atoms with Crippen molar-refractivity contribution in [1.29, 1.82) is 0 Å². The third-order valence-electron chi connectivity index (χ3n) is 11.4. The van der Waals surface area contributed by atoms with Crippen molar-refractivity contribution >= 4 is 5.97 Å². The van der Waals surface area contributed by atoms with Gasteiger partial charge in [-0.15, -0.1) is 0 Å². The van der Waals surface area contributed by atoms with Crippen LogP contribution in [0.2, 0.25) is 0 Å². The predicted octanol–water partition coefficient (Wildman–Crippen LogP) is 18.4. The van der Waals surface area contributed by atoms with E-state index in [1.165, 1.54) is 154 Å². The second kappa shape index (κ2) is 55.4. The zero-order valence-electron chi connectivity index (χ0n) is 41.6. The summed E-state index contributed by atoms with van der Waals surface area (Å²) in [5.74, 6) is -0.207. The van der Waals surface area contributed by atoms with Crippen molar-refractivity contribution in [2.75, 3.05) is 19.8 Å². The molecule has 0 aliphatic rings. The zero-order chi connectivity index (χ0) is 45.5. The van der Waals surface area contributed by atoms with E-state index in [0.29, 0.717) is 13.0 Å². The summed E-state index contributed by atoms with van der Waals surface area (Å²) in [7, 11) is 0. The van der Waals surface area contributed by atoms with Crippen molar-refractivity contribution < 1.29 is 19.4 Å². The first-order chi connectivity index (χ1) is 31.2. The summed E-state index contributed by atoms with van der Waals surface area (Å²) in [5, 5.41) is 9.67. The predicted molar refractivity (Wildman–Crippen MR) is 278 cm³/mol. The molecule has 0 bridgehead atoms. The van der Waals surface area contributed by atoms with E-state index in [0.717, 1.165) is 70.6 Å². The normalized spacial score (nSPS) is 13.1. The molecule has 0 rings (SSSR count). The van der Waals surface area contributed by atoms with Crippen LogP contribution in [0.3, 0.4) is 0 Å². The van der Waals surface area contributed by atoms with Crippen LogP contribution in [-0.2, 0) is 14.3 Å². The molecular formula is C59H102O4. The van der Waals surface area contributed by atoms with Gasteiger partial charge in [-0.05, 0) is 96.3 Å². The smallest absolute Gasteiger partial charge is 0.306 e. The van der Waals surface area contributed by atoms with Gasteiger partial charge in [0.05, 0.1) is 13.2 Å². The zero-order valence-corrected chi connectivity index (χ0v) is 41.6. The Labute approximate surface area is 392 Å². The standard InChI is InChI=1S/C59H102O4/c1-3-5-7-9-11-13-15-17-19-21-23-25-27-29-31-33-35-37-39-41-43-45-47-49-51-53-55-62-57-58(56-60)63-59(61)54-52-50-48-46-44-42-40-38-36-34-32-30-28-26-24-22-20-18-16-14-12-10-8-6-4-2/h5,7,11,13,16-19,22-25,29,31,35,37,58,60H,3-4,6,8-10,12,14-15,20-21,26-28,30,32-34,36,38-57H2,1-2H3/b7-5-,13-11-,18-16-,19-17-,24-22-,25-23-,31-29-,37-35-. The van der Waals surface area contributed by atoms with Crippen LogP contribution in [0.5, 0.6) is 0 Å². The number of hydrogen-bond donors (Lipinski definition) is 1. The van der Waals surface area contributed by atoms with Gasteiger partial charge in [-0.3, -0.25) is 4.79 Å². The first kappa shape index (κ1) is 60.3. The summed E-state index contributed by atoms with van der Waals surface area (Å²) in [4.78, 5) is 12.3. The lowest BCUT2D eigenvalue weighted by atomic mass is 10.0. The molecule has 0 heterocycles. The minimum absolute atomic E-state index is 0.181. The summed E-state index contributed by atoms with van der Waals surface area (Å²) < 4.78 is 11.2. The molecule has 0 saturated heterocycles. The average Bonchev–Trinajstić information content (AvgIpc) is 3.29. The molecule has 0 saturated carbocycles. The Balaban J connectivity index is 3.47. The molecular weight excluding hydrogens is 773 g/mol. The van der Waals surface area contributed by atoms with Crippen LogP contribution in [-0.4, -0.2) is 37.0 Å². The number of carbonyl (C=O) groups excluding carboxylic acids is 1. The lowest BCUT2D eigenvalue weighted by Gasteiger charge is -2.16. The van der Waals surface area contributed by atoms with Gasteiger partial charge < -0.3 is 14.6 Å². The van der Waals surface area contributed by atoms with Gasteiger partial charge in [0.25, 0.3) is 0 Å². The van der Waals surface area contributed by atoms with Gasteiger partial charge in [-0.1, -0.05) is 239 Å². The third-order valence-corrected chi connectivity index (χ3v) is 11.4. The summed E-state index contributed by atoms with van der Waals surface area (Å²) in [6.45, 7) is 5.20. The Hall–Kier alpha value is -2.69. The molecule has 0 aromatic carbocycles. The minimum Gasteiger partial charge on any atom is -0.457 e. The fourth-order valence-corrected chi connectivity index (χ4v) is 7.42. The molecule has 0 radical (unpaired) electrons. The quantitative estimate of drug-likeness (QED) is 0.0376. The van der Waals surface area contributed by atoms with Gasteiger partial charge in [0.15, 0.2) is 0 Å². The molecule has 63 heavy (non-hydrogen) atoms. The molecule has 0 aromatic rings. The second-order valence-electron chi connectivity index (χ2n) is 17.6. The Morgan fingerprint density at radius 1 is 0.397 bits per heavy atom. The largest absolute Gasteiger partial charge is 0.457 e. The number of allylic oxidation sites excluding steroid dienone is 16. The molecule has 0 amide bonds. The van der Waals surface area contributed by atoms with Crippen LogP contribution >= 0.6 is 0 Å². The molecule has 4 nitrogen and oxygen atoms in total. The van der Waals surface area contributed by atoms with Crippen molar-refractivity contribution in [1.82, 2.24) is 0 Å². The van der Waals surface area contributed by atoms with Crippen LogP contribution in [0.25, 0.3) is 0 Å². The van der Waals surface area contributed by atoms with Gasteiger partial charge in [0, 0.05) is 13.0 Å². The molecule has 0 fully saturated rings. The fraction of sp³-hybridized carbons (Fsp3) is 0.712. The van der Waals surface area contributed by atoms with Crippen LogP contribution in [0, 0.1) is 0 Å². The van der Waals surface area contributed by atoms with E-state index >= 15 is 0 Å². The first-order valence-corrected chi connectivity index (χ1v) is 26.8. The number of esters is 1. The highest BCUT2D eigenvalue weighted by Crippen LogP contribution is 2.15. The highest BCUT2D eigenvalue weighted by atomic mass is 16.6. The molecule has 1 unspecified atom stereocenters. The van der Waals surface area contributed by atoms with Crippen molar-refractivity contribution in [3.05, 3.63) is 97.2 Å². The van der Waals surface area contributed by atoms with Gasteiger partial charge in [0.2, 0.25) is 0 Å². The van der Waals surface area contributed by atoms with Crippen LogP contribution in [0.4, 0.5) is 0 Å². The molecule has 1 N–H and O–H groups in total. The number of unbranched alkanes of at least 4 members (excludes halogenated alkanes) is 25. The molecule has 0 spiro atoms. The number of carbonyl (C=O) groups is 1. The van der Waals surface area contributed by atoms with Crippen molar-refractivity contribution in [2.24, 2.45) is 0 Å². The molecule has 0 aromatic heterocycles. The van der Waals surface area contributed by atoms with Crippen LogP contribution in [0.1, 0.15) is 245 Å². The van der Waals surface area contributed by atoms with Gasteiger partial charge in [-0.25, -0.2) is 0 Å². The van der Waals surface area contributed by atoms with Crippen LogP contribution < -0.4 is 0 Å². The highest BCUT2D eigenvalue weighted by molar-refractivity contribution is 5.69. The number of ether oxygens (including phenoxy) is 2. The molecule has 0 aliphatic carbocycles. The number of hydrogen-bond acceptors (Lipinski definition) is 4. The Bertz CT molecular complexity index is 1150. The van der Waals surface area contributed by atoms with Gasteiger partial charge >= 0.3 is 5.97 Å². The minimum atomic E-state index is -0.548. The van der Waals surface area contributed by atoms with Gasteiger partial charge in [-0.2, -0.15) is 0 Å². The number of rotatable bonds is 49. The maximum absolute atomic E-state index is 12.3. The topological polar surface area (TPSA) is 55.8 Å². The lowest BCUT2D eigenvalue weighted by molar-refractivity contribution is -0.154. The Morgan fingerprint density at radius 3 is 1.08 bits per heavy atom. The van der Waals surface area contributed by atoms with E-state index in [-0.39, 0.29) is 19.2 Å². The summed E-state index contributed by atoms with van der Waals surface area (Å²) in [5.41, 5.74) is 0. The molecule has 362 valence electrons. The first-order valence-electron chi connectivity index (χ1n) is 26.8. The van der Waals surface area contributed by atoms with E-state index in [4.69, 9.17) is 9.47 Å².